The first kappa shape index (κ1) is 33.2. The molecule has 4 fully saturated rings. The minimum Gasteiger partial charge on any atom is -0.476 e. The fourth-order valence-electron chi connectivity index (χ4n) is 10.3. The quantitative estimate of drug-likeness (QED) is 0.176. The van der Waals surface area contributed by atoms with Crippen molar-refractivity contribution in [2.24, 2.45) is 17.3 Å². The van der Waals surface area contributed by atoms with E-state index in [1.54, 1.807) is 6.20 Å². The van der Waals surface area contributed by atoms with Gasteiger partial charge < -0.3 is 10.0 Å². The van der Waals surface area contributed by atoms with Crippen LogP contribution in [-0.2, 0) is 29.3 Å². The molecule has 4 bridgehead atoms. The van der Waals surface area contributed by atoms with Crippen LogP contribution in [0.4, 0.5) is 10.9 Å². The lowest BCUT2D eigenvalue weighted by Crippen LogP contribution is -2.59. The molecule has 0 saturated heterocycles. The molecule has 52 heavy (non-hydrogen) atoms. The highest BCUT2D eigenvalue weighted by molar-refractivity contribution is 7.92. The molecule has 10 rings (SSSR count). The van der Waals surface area contributed by atoms with Crippen LogP contribution < -0.4 is 10.2 Å². The van der Waals surface area contributed by atoms with Gasteiger partial charge in [0.1, 0.15) is 5.82 Å². The first-order valence-electron chi connectivity index (χ1n) is 17.9. The van der Waals surface area contributed by atoms with Crippen molar-refractivity contribution in [3.63, 3.8) is 0 Å². The third kappa shape index (κ3) is 5.51. The molecule has 268 valence electrons. The second-order valence-electron chi connectivity index (χ2n) is 15.6. The Morgan fingerprint density at radius 2 is 1.79 bits per heavy atom. The summed E-state index contributed by atoms with van der Waals surface area (Å²) < 4.78 is 28.5. The van der Waals surface area contributed by atoms with Crippen LogP contribution in [0.2, 0.25) is 0 Å². The van der Waals surface area contributed by atoms with Gasteiger partial charge in [0.2, 0.25) is 0 Å². The van der Waals surface area contributed by atoms with Crippen LogP contribution >= 0.6 is 11.3 Å². The van der Waals surface area contributed by atoms with E-state index in [0.717, 1.165) is 59.1 Å². The number of hydrogen-bond donors (Lipinski definition) is 2. The average Bonchev–Trinajstić information content (AvgIpc) is 3.68. The largest absolute Gasteiger partial charge is 0.476 e. The molecule has 1 aliphatic heterocycles. The lowest BCUT2D eigenvalue weighted by molar-refractivity contribution is -0.0521. The predicted molar refractivity (Wildman–Crippen MR) is 201 cm³/mol. The molecule has 5 aromatic rings. The normalized spacial score (nSPS) is 25.0. The highest BCUT2D eigenvalue weighted by Gasteiger charge is 2.61. The first-order valence-corrected chi connectivity index (χ1v) is 20.6. The molecule has 0 radical (unpaired) electrons. The van der Waals surface area contributed by atoms with Crippen molar-refractivity contribution in [1.82, 2.24) is 19.7 Å². The zero-order valence-corrected chi connectivity index (χ0v) is 30.8. The number of amides is 1. The number of fused-ring (bicyclic) bond motifs is 2. The minimum absolute atomic E-state index is 0.0568. The molecular formula is C39H40N6O5S2. The maximum atomic E-state index is 13.6. The van der Waals surface area contributed by atoms with Crippen LogP contribution in [-0.4, -0.2) is 62.7 Å². The van der Waals surface area contributed by atoms with Crippen molar-refractivity contribution in [2.45, 2.75) is 69.7 Å². The molecule has 5 aliphatic rings. The molecule has 4 heterocycles. The molecule has 3 aromatic heterocycles. The van der Waals surface area contributed by atoms with Gasteiger partial charge in [0.25, 0.3) is 5.91 Å². The Bertz CT molecular complexity index is 2350. The van der Waals surface area contributed by atoms with Gasteiger partial charge in [-0.05, 0) is 111 Å². The van der Waals surface area contributed by atoms with Gasteiger partial charge >= 0.3 is 5.97 Å². The molecule has 1 amide bonds. The fourth-order valence-corrected chi connectivity index (χ4v) is 12.8. The predicted octanol–water partition coefficient (Wildman–Crippen LogP) is 6.76. The zero-order chi connectivity index (χ0) is 36.0. The summed E-state index contributed by atoms with van der Waals surface area (Å²) in [5.41, 5.74) is 5.20. The summed E-state index contributed by atoms with van der Waals surface area (Å²) in [6.45, 7) is 3.60. The Hall–Kier alpha value is -4.62. The monoisotopic (exact) mass is 736 g/mol. The number of aromatic nitrogens is 4. The zero-order valence-electron chi connectivity index (χ0n) is 29.1. The number of anilines is 2. The number of aromatic carboxylic acids is 1. The summed E-state index contributed by atoms with van der Waals surface area (Å²) >= 11 is 1.43. The number of nitrogens with one attached hydrogen (secondary N) is 1. The molecule has 2 unspecified atom stereocenters. The molecule has 4 aliphatic carbocycles. The number of thiazole rings is 1. The summed E-state index contributed by atoms with van der Waals surface area (Å²) in [5, 5.41) is 18.7. The molecule has 2 aromatic carbocycles. The Balaban J connectivity index is 0.972. The van der Waals surface area contributed by atoms with Crippen molar-refractivity contribution in [1.29, 1.82) is 0 Å². The van der Waals surface area contributed by atoms with Gasteiger partial charge in [-0.1, -0.05) is 35.6 Å². The Kier molecular flexibility index (Phi) is 7.64. The van der Waals surface area contributed by atoms with Crippen molar-refractivity contribution >= 4 is 54.2 Å². The number of nitrogens with zero attached hydrogens (tertiary/aromatic N) is 5. The molecule has 11 nitrogen and oxygen atoms in total. The van der Waals surface area contributed by atoms with Crippen LogP contribution in [0.1, 0.15) is 76.2 Å². The van der Waals surface area contributed by atoms with Gasteiger partial charge in [-0.15, -0.1) is 0 Å². The SMILES string of the molecule is Cc1c(-c2ccc(N3CCc4cccc(C(=O)Nc5nc6ccccc6s5)c4C3)nc2C(=O)O)cnn1CC12CC3CC(C1)CC(S(C)(=O)=O)(C3)C2. The van der Waals surface area contributed by atoms with E-state index in [-0.39, 0.29) is 17.0 Å². The lowest BCUT2D eigenvalue weighted by atomic mass is 9.49. The lowest BCUT2D eigenvalue weighted by Gasteiger charge is -2.61. The summed E-state index contributed by atoms with van der Waals surface area (Å²) in [5.74, 6) is 0.00561. The molecule has 4 saturated carbocycles. The van der Waals surface area contributed by atoms with Crippen LogP contribution in [0.5, 0.6) is 0 Å². The van der Waals surface area contributed by atoms with Gasteiger partial charge in [-0.3, -0.25) is 14.8 Å². The van der Waals surface area contributed by atoms with Crippen molar-refractivity contribution < 1.29 is 23.1 Å². The first-order chi connectivity index (χ1) is 24.9. The van der Waals surface area contributed by atoms with Crippen molar-refractivity contribution in [3.05, 3.63) is 88.9 Å². The van der Waals surface area contributed by atoms with E-state index in [0.29, 0.717) is 72.0 Å². The number of carbonyl (C=O) groups excluding carboxylic acids is 1. The standard InChI is InChI=1S/C39H40N6O5S2/c1-23-29(19-40-45(23)22-38-15-24-14-25(16-38)18-39(17-24,21-38)52(2,49)50)27-10-11-33(42-34(27)36(47)48)44-13-12-26-6-5-7-28(30(26)20-44)35(46)43-37-41-31-8-3-4-9-32(31)51-37/h3-11,19,24-25H,12-18,20-22H2,1-2H3,(H,47,48)(H,41,43,46). The van der Waals surface area contributed by atoms with Crippen LogP contribution in [0.25, 0.3) is 21.3 Å². The minimum atomic E-state index is -3.20. The number of sulfone groups is 1. The number of pyridine rings is 1. The number of benzene rings is 2. The number of carboxylic acid groups (broad SMARTS) is 1. The number of hydrogen-bond acceptors (Lipinski definition) is 9. The van der Waals surface area contributed by atoms with Crippen LogP contribution in [0.3, 0.4) is 0 Å². The highest BCUT2D eigenvalue weighted by Crippen LogP contribution is 2.64. The smallest absolute Gasteiger partial charge is 0.355 e. The van der Waals surface area contributed by atoms with Gasteiger partial charge in [-0.25, -0.2) is 23.2 Å². The number of carboxylic acids is 1. The average molecular weight is 737 g/mol. The molecule has 2 atom stereocenters. The Labute approximate surface area is 306 Å². The van der Waals surface area contributed by atoms with Gasteiger partial charge in [0.05, 0.1) is 21.2 Å². The van der Waals surface area contributed by atoms with E-state index in [4.69, 9.17) is 10.1 Å². The van der Waals surface area contributed by atoms with E-state index >= 15 is 0 Å². The molecule has 13 heteroatoms. The fraction of sp³-hybridized carbons (Fsp3) is 0.410. The Morgan fingerprint density at radius 1 is 1.00 bits per heavy atom. The topological polar surface area (TPSA) is 147 Å². The van der Waals surface area contributed by atoms with Crippen molar-refractivity contribution in [3.8, 4) is 11.1 Å². The van der Waals surface area contributed by atoms with E-state index in [1.165, 1.54) is 17.6 Å². The second-order valence-corrected chi connectivity index (χ2v) is 19.1. The maximum absolute atomic E-state index is 13.6. The molecule has 0 spiro atoms. The third-order valence-electron chi connectivity index (χ3n) is 12.2. The molecular weight excluding hydrogens is 697 g/mol. The highest BCUT2D eigenvalue weighted by atomic mass is 32.2. The van der Waals surface area contributed by atoms with E-state index in [2.05, 4.69) is 10.3 Å². The number of rotatable bonds is 8. The Morgan fingerprint density at radius 3 is 2.54 bits per heavy atom. The van der Waals surface area contributed by atoms with Gasteiger partial charge in [0, 0.05) is 48.3 Å². The van der Waals surface area contributed by atoms with E-state index < -0.39 is 20.6 Å². The van der Waals surface area contributed by atoms with Gasteiger partial charge in [0.15, 0.2) is 20.7 Å². The summed E-state index contributed by atoms with van der Waals surface area (Å²) in [6.07, 6.45) is 9.16. The van der Waals surface area contributed by atoms with E-state index in [9.17, 15) is 23.1 Å². The molecule has 2 N–H and O–H groups in total. The third-order valence-corrected chi connectivity index (χ3v) is 15.2. The van der Waals surface area contributed by atoms with Gasteiger partial charge in [-0.2, -0.15) is 5.10 Å². The second kappa shape index (κ2) is 12.0. The van der Waals surface area contributed by atoms with Crippen LogP contribution in [0.15, 0.2) is 60.8 Å². The summed E-state index contributed by atoms with van der Waals surface area (Å²) in [7, 11) is -3.20. The van der Waals surface area contributed by atoms with Crippen LogP contribution in [0, 0.1) is 24.2 Å². The maximum Gasteiger partial charge on any atom is 0.355 e. The summed E-state index contributed by atoms with van der Waals surface area (Å²) in [4.78, 5) is 37.6. The van der Waals surface area contributed by atoms with Crippen molar-refractivity contribution in [2.75, 3.05) is 23.0 Å². The summed E-state index contributed by atoms with van der Waals surface area (Å²) in [6, 6.07) is 17.2. The van der Waals surface area contributed by atoms with E-state index in [1.807, 2.05) is 71.1 Å². The number of para-hydroxylation sites is 1. The number of carbonyl (C=O) groups is 2.